The minimum atomic E-state index is -1.09. The summed E-state index contributed by atoms with van der Waals surface area (Å²) in [6.07, 6.45) is 4.24. The van der Waals surface area contributed by atoms with Crippen molar-refractivity contribution in [1.29, 1.82) is 0 Å². The number of halogens is 1. The van der Waals surface area contributed by atoms with Crippen molar-refractivity contribution in [2.45, 2.75) is 43.1 Å². The molecule has 1 aliphatic carbocycles. The first-order chi connectivity index (χ1) is 10.4. The van der Waals surface area contributed by atoms with Crippen LogP contribution < -0.4 is 11.1 Å². The van der Waals surface area contributed by atoms with E-state index in [-0.39, 0.29) is 11.7 Å². The minimum absolute atomic E-state index is 0.251. The molecule has 0 spiro atoms. The average Bonchev–Trinajstić information content (AvgIpc) is 2.45. The molecule has 1 aliphatic rings. The predicted octanol–water partition coefficient (Wildman–Crippen LogP) is 2.29. The van der Waals surface area contributed by atoms with Crippen LogP contribution in [-0.2, 0) is 6.42 Å². The van der Waals surface area contributed by atoms with Crippen molar-refractivity contribution in [3.8, 4) is 0 Å². The number of thiocarbonyl (C=S) groups is 1. The fourth-order valence-electron chi connectivity index (χ4n) is 2.79. The Kier molecular flexibility index (Phi) is 5.42. The summed E-state index contributed by atoms with van der Waals surface area (Å²) in [7, 11) is 0. The Balaban J connectivity index is 2.19. The molecule has 120 valence electrons. The van der Waals surface area contributed by atoms with Gasteiger partial charge in [-0.1, -0.05) is 24.3 Å². The molecular weight excluding hydrogens is 318 g/mol. The molecule has 1 atom stereocenters. The van der Waals surface area contributed by atoms with Gasteiger partial charge >= 0.3 is 0 Å². The minimum Gasteiger partial charge on any atom is -0.390 e. The van der Waals surface area contributed by atoms with E-state index in [9.17, 15) is 5.11 Å². The van der Waals surface area contributed by atoms with Gasteiger partial charge in [-0.3, -0.25) is 0 Å². The number of nitrogens with two attached hydrogens (primary N) is 1. The van der Waals surface area contributed by atoms with E-state index in [1.165, 1.54) is 0 Å². The predicted molar refractivity (Wildman–Crippen MR) is 95.5 cm³/mol. The van der Waals surface area contributed by atoms with Crippen LogP contribution >= 0.6 is 23.8 Å². The maximum Gasteiger partial charge on any atom is 0.194 e. The Morgan fingerprint density at radius 3 is 2.77 bits per heavy atom. The van der Waals surface area contributed by atoms with Gasteiger partial charge in [0.1, 0.15) is 5.60 Å². The number of aliphatic hydroxyl groups is 1. The molecular formula is C16H22ClN3OS. The van der Waals surface area contributed by atoms with Crippen molar-refractivity contribution in [3.05, 3.63) is 35.4 Å². The summed E-state index contributed by atoms with van der Waals surface area (Å²) >= 11 is 11.7. The first-order valence-corrected chi connectivity index (χ1v) is 8.17. The van der Waals surface area contributed by atoms with Crippen LogP contribution in [-0.4, -0.2) is 33.6 Å². The van der Waals surface area contributed by atoms with Gasteiger partial charge in [-0.15, -0.1) is 11.6 Å². The van der Waals surface area contributed by atoms with Gasteiger partial charge in [-0.25, -0.2) is 4.99 Å². The van der Waals surface area contributed by atoms with Crippen molar-refractivity contribution in [3.63, 3.8) is 0 Å². The Hall–Kier alpha value is -1.17. The van der Waals surface area contributed by atoms with Gasteiger partial charge < -0.3 is 16.2 Å². The third kappa shape index (κ3) is 3.59. The molecule has 1 aromatic carbocycles. The Bertz CT molecular complexity index is 574. The Labute approximate surface area is 141 Å². The van der Waals surface area contributed by atoms with Gasteiger partial charge in [0.05, 0.1) is 11.2 Å². The summed E-state index contributed by atoms with van der Waals surface area (Å²) in [4.78, 5) is 3.18. The summed E-state index contributed by atoms with van der Waals surface area (Å²) in [6, 6.07) is 8.02. The van der Waals surface area contributed by atoms with Crippen LogP contribution in [0, 0.1) is 6.92 Å². The monoisotopic (exact) mass is 339 g/mol. The lowest BCUT2D eigenvalue weighted by Crippen LogP contribution is -2.61. The van der Waals surface area contributed by atoms with Crippen molar-refractivity contribution in [2.24, 2.45) is 10.7 Å². The molecule has 0 heterocycles. The van der Waals surface area contributed by atoms with Gasteiger partial charge in [-0.2, -0.15) is 0 Å². The molecule has 2 rings (SSSR count). The van der Waals surface area contributed by atoms with Crippen molar-refractivity contribution >= 4 is 35.3 Å². The molecule has 1 unspecified atom stereocenters. The number of hydrogen-bond acceptors (Lipinski definition) is 2. The second kappa shape index (κ2) is 6.94. The molecule has 4 nitrogen and oxygen atoms in total. The molecule has 0 bridgehead atoms. The lowest BCUT2D eigenvalue weighted by molar-refractivity contribution is -0.0280. The summed E-state index contributed by atoms with van der Waals surface area (Å²) < 4.78 is 0. The van der Waals surface area contributed by atoms with E-state index < -0.39 is 10.5 Å². The van der Waals surface area contributed by atoms with E-state index in [1.807, 2.05) is 31.2 Å². The van der Waals surface area contributed by atoms with E-state index >= 15 is 0 Å². The number of aryl methyl sites for hydroxylation is 1. The molecule has 6 heteroatoms. The zero-order chi connectivity index (χ0) is 16.2. The van der Waals surface area contributed by atoms with Crippen molar-refractivity contribution in [1.82, 2.24) is 5.32 Å². The maximum atomic E-state index is 11.2. The number of hydrogen-bond donors (Lipinski definition) is 3. The zero-order valence-electron chi connectivity index (χ0n) is 12.7. The quantitative estimate of drug-likeness (QED) is 0.333. The number of nitrogens with one attached hydrogen (secondary N) is 1. The summed E-state index contributed by atoms with van der Waals surface area (Å²) in [5.41, 5.74) is 6.37. The smallest absolute Gasteiger partial charge is 0.194 e. The number of alkyl halides is 1. The second-order valence-corrected chi connectivity index (χ2v) is 7.00. The molecule has 4 N–H and O–H groups in total. The van der Waals surface area contributed by atoms with Crippen LogP contribution in [0.1, 0.15) is 30.4 Å². The standard InChI is InChI=1S/C16H22ClN3OS/c1-12-5-2-3-6-13(12)9-16(21,15(17)7-4-8-15)10-19-14(22)20-11-18/h2-3,5-6,11,21H,4,7-10H2,1H3,(H3,18,19,20,22). The van der Waals surface area contributed by atoms with Crippen LogP contribution in [0.3, 0.4) is 0 Å². The summed E-state index contributed by atoms with van der Waals surface area (Å²) in [5.74, 6) is 0. The molecule has 1 saturated carbocycles. The normalized spacial score (nSPS) is 19.4. The molecule has 0 aromatic heterocycles. The molecule has 22 heavy (non-hydrogen) atoms. The summed E-state index contributed by atoms with van der Waals surface area (Å²) in [6.45, 7) is 2.29. The second-order valence-electron chi connectivity index (χ2n) is 5.89. The van der Waals surface area contributed by atoms with Gasteiger partial charge in [0.25, 0.3) is 0 Å². The third-order valence-electron chi connectivity index (χ3n) is 4.45. The van der Waals surface area contributed by atoms with E-state index in [2.05, 4.69) is 10.3 Å². The zero-order valence-corrected chi connectivity index (χ0v) is 14.3. The van der Waals surface area contributed by atoms with E-state index in [4.69, 9.17) is 29.6 Å². The first kappa shape index (κ1) is 17.2. The highest BCUT2D eigenvalue weighted by Gasteiger charge is 2.52. The first-order valence-electron chi connectivity index (χ1n) is 7.38. The van der Waals surface area contributed by atoms with Crippen LogP contribution in [0.2, 0.25) is 0 Å². The molecule has 1 aromatic rings. The van der Waals surface area contributed by atoms with Gasteiger partial charge in [0.15, 0.2) is 5.11 Å². The lowest BCUT2D eigenvalue weighted by atomic mass is 9.69. The topological polar surface area (TPSA) is 70.6 Å². The van der Waals surface area contributed by atoms with Crippen LogP contribution in [0.4, 0.5) is 0 Å². The highest BCUT2D eigenvalue weighted by molar-refractivity contribution is 7.80. The van der Waals surface area contributed by atoms with Crippen molar-refractivity contribution < 1.29 is 5.11 Å². The van der Waals surface area contributed by atoms with Crippen LogP contribution in [0.5, 0.6) is 0 Å². The Morgan fingerprint density at radius 1 is 1.55 bits per heavy atom. The van der Waals surface area contributed by atoms with Gasteiger partial charge in [0, 0.05) is 13.0 Å². The van der Waals surface area contributed by atoms with E-state index in [1.54, 1.807) is 0 Å². The highest BCUT2D eigenvalue weighted by atomic mass is 35.5. The average molecular weight is 340 g/mol. The van der Waals surface area contributed by atoms with Crippen LogP contribution in [0.25, 0.3) is 0 Å². The van der Waals surface area contributed by atoms with Crippen molar-refractivity contribution in [2.75, 3.05) is 6.54 Å². The highest BCUT2D eigenvalue weighted by Crippen LogP contribution is 2.48. The number of nitrogens with zero attached hydrogens (tertiary/aromatic N) is 1. The van der Waals surface area contributed by atoms with E-state index in [0.717, 1.165) is 36.7 Å². The SMILES string of the molecule is Cc1ccccc1CC(O)(CNC(=S)/N=C\N)C1(Cl)CCC1. The molecule has 0 radical (unpaired) electrons. The number of benzene rings is 1. The van der Waals surface area contributed by atoms with E-state index in [0.29, 0.717) is 6.42 Å². The van der Waals surface area contributed by atoms with Crippen LogP contribution in [0.15, 0.2) is 29.3 Å². The molecule has 0 saturated heterocycles. The fraction of sp³-hybridized carbons (Fsp3) is 0.500. The maximum absolute atomic E-state index is 11.2. The summed E-state index contributed by atoms with van der Waals surface area (Å²) in [5, 5.41) is 14.5. The lowest BCUT2D eigenvalue weighted by Gasteiger charge is -2.49. The molecule has 1 fully saturated rings. The molecule has 0 amide bonds. The van der Waals surface area contributed by atoms with Gasteiger partial charge in [-0.05, 0) is 49.5 Å². The van der Waals surface area contributed by atoms with Gasteiger partial charge in [0.2, 0.25) is 0 Å². The Morgan fingerprint density at radius 2 is 2.23 bits per heavy atom. The number of rotatable bonds is 5. The third-order valence-corrected chi connectivity index (χ3v) is 5.43. The molecule has 0 aliphatic heterocycles. The number of aliphatic imine (C=N–C) groups is 1. The fourth-order valence-corrected chi connectivity index (χ4v) is 3.32. The largest absolute Gasteiger partial charge is 0.390 e.